The molecule has 0 atom stereocenters. The molecule has 0 bridgehead atoms. The largest absolute Gasteiger partial charge is 0.385 e. The first-order valence-electron chi connectivity index (χ1n) is 9.88. The number of methoxy groups -OCH3 is 1. The van der Waals surface area contributed by atoms with Gasteiger partial charge in [-0.25, -0.2) is 9.97 Å². The highest BCUT2D eigenvalue weighted by molar-refractivity contribution is 6.03. The number of ether oxygens (including phenoxy) is 1. The Morgan fingerprint density at radius 1 is 1.21 bits per heavy atom. The van der Waals surface area contributed by atoms with Gasteiger partial charge in [-0.05, 0) is 55.5 Å². The van der Waals surface area contributed by atoms with Crippen LogP contribution < -0.4 is 15.5 Å². The first-order valence-corrected chi connectivity index (χ1v) is 9.88. The molecule has 1 aromatic carbocycles. The molecule has 0 unspecified atom stereocenters. The van der Waals surface area contributed by atoms with Gasteiger partial charge in [0.1, 0.15) is 5.69 Å². The fourth-order valence-electron chi connectivity index (χ4n) is 3.20. The summed E-state index contributed by atoms with van der Waals surface area (Å²) >= 11 is 0. The van der Waals surface area contributed by atoms with Crippen molar-refractivity contribution in [2.75, 3.05) is 48.9 Å². The first-order chi connectivity index (χ1) is 13.7. The van der Waals surface area contributed by atoms with E-state index in [9.17, 15) is 4.79 Å². The van der Waals surface area contributed by atoms with E-state index >= 15 is 0 Å². The van der Waals surface area contributed by atoms with Gasteiger partial charge in [-0.3, -0.25) is 4.79 Å². The molecule has 7 heteroatoms. The van der Waals surface area contributed by atoms with Gasteiger partial charge in [0.05, 0.1) is 0 Å². The molecule has 0 spiro atoms. The maximum Gasteiger partial charge on any atom is 0.274 e. The average Bonchev–Trinajstić information content (AvgIpc) is 2.73. The van der Waals surface area contributed by atoms with E-state index < -0.39 is 0 Å². The van der Waals surface area contributed by atoms with Crippen molar-refractivity contribution in [3.8, 4) is 0 Å². The molecule has 28 heavy (non-hydrogen) atoms. The second-order valence-corrected chi connectivity index (χ2v) is 7.21. The molecule has 2 N–H and O–H groups in total. The van der Waals surface area contributed by atoms with E-state index in [-0.39, 0.29) is 5.91 Å². The highest BCUT2D eigenvalue weighted by atomic mass is 16.5. The molecule has 1 aliphatic rings. The van der Waals surface area contributed by atoms with E-state index in [0.29, 0.717) is 24.8 Å². The summed E-state index contributed by atoms with van der Waals surface area (Å²) in [6, 6.07) is 9.62. The molecule has 1 amide bonds. The maximum atomic E-state index is 12.5. The minimum atomic E-state index is -0.248. The lowest BCUT2D eigenvalue weighted by molar-refractivity contribution is 0.102. The Balaban J connectivity index is 1.55. The van der Waals surface area contributed by atoms with Gasteiger partial charge < -0.3 is 20.3 Å². The molecule has 1 aromatic heterocycles. The molecule has 1 fully saturated rings. The van der Waals surface area contributed by atoms with E-state index in [0.717, 1.165) is 31.1 Å². The van der Waals surface area contributed by atoms with Gasteiger partial charge in [-0.15, -0.1) is 0 Å². The summed E-state index contributed by atoms with van der Waals surface area (Å²) in [5, 5.41) is 6.00. The van der Waals surface area contributed by atoms with E-state index in [4.69, 9.17) is 4.74 Å². The van der Waals surface area contributed by atoms with E-state index in [1.807, 2.05) is 12.1 Å². The number of nitrogens with one attached hydrogen (secondary N) is 2. The molecular formula is C21H29N5O2. The van der Waals surface area contributed by atoms with Crippen LogP contribution in [0.3, 0.4) is 0 Å². The molecule has 1 aliphatic heterocycles. The standard InChI is InChI=1S/C21H29N5O2/c1-16-9-13-26(14-10-16)18-6-4-17(5-7-18)24-20(27)19-8-12-23-21(25-19)22-11-3-15-28-2/h4-8,12,16H,3,9-11,13-15H2,1-2H3,(H,24,27)(H,22,23,25). The van der Waals surface area contributed by atoms with Crippen LogP contribution in [0, 0.1) is 5.92 Å². The summed E-state index contributed by atoms with van der Waals surface area (Å²) in [5.74, 6) is 1.00. The molecule has 150 valence electrons. The van der Waals surface area contributed by atoms with Crippen LogP contribution in [0.4, 0.5) is 17.3 Å². The van der Waals surface area contributed by atoms with Crippen LogP contribution >= 0.6 is 0 Å². The number of nitrogens with zero attached hydrogens (tertiary/aromatic N) is 3. The summed E-state index contributed by atoms with van der Waals surface area (Å²) < 4.78 is 5.01. The number of anilines is 3. The smallest absolute Gasteiger partial charge is 0.274 e. The fraction of sp³-hybridized carbons (Fsp3) is 0.476. The Morgan fingerprint density at radius 3 is 2.68 bits per heavy atom. The molecule has 3 rings (SSSR count). The lowest BCUT2D eigenvalue weighted by Crippen LogP contribution is -2.32. The van der Waals surface area contributed by atoms with Crippen LogP contribution in [0.15, 0.2) is 36.5 Å². The molecule has 0 saturated carbocycles. The Labute approximate surface area is 166 Å². The van der Waals surface area contributed by atoms with E-state index in [1.54, 1.807) is 19.4 Å². The van der Waals surface area contributed by atoms with Crippen LogP contribution in [0.25, 0.3) is 0 Å². The predicted molar refractivity (Wildman–Crippen MR) is 112 cm³/mol. The second kappa shape index (κ2) is 10.0. The van der Waals surface area contributed by atoms with Gasteiger partial charge in [0.25, 0.3) is 5.91 Å². The van der Waals surface area contributed by atoms with Gasteiger partial charge in [-0.1, -0.05) is 6.92 Å². The summed E-state index contributed by atoms with van der Waals surface area (Å²) in [6.07, 6.45) is 4.89. The zero-order valence-corrected chi connectivity index (χ0v) is 16.6. The van der Waals surface area contributed by atoms with Gasteiger partial charge in [0.15, 0.2) is 0 Å². The van der Waals surface area contributed by atoms with Crippen LogP contribution in [0.1, 0.15) is 36.7 Å². The first kappa shape index (κ1) is 20.1. The molecule has 0 radical (unpaired) electrons. The molecule has 7 nitrogen and oxygen atoms in total. The Bertz CT molecular complexity index is 758. The van der Waals surface area contributed by atoms with E-state index in [1.165, 1.54) is 18.5 Å². The normalized spacial score (nSPS) is 14.7. The topological polar surface area (TPSA) is 79.4 Å². The molecular weight excluding hydrogens is 354 g/mol. The van der Waals surface area contributed by atoms with Crippen LogP contribution in [0.2, 0.25) is 0 Å². The minimum Gasteiger partial charge on any atom is -0.385 e. The van der Waals surface area contributed by atoms with Crippen molar-refractivity contribution >= 4 is 23.2 Å². The third-order valence-corrected chi connectivity index (χ3v) is 4.97. The zero-order valence-electron chi connectivity index (χ0n) is 16.6. The Morgan fingerprint density at radius 2 is 1.96 bits per heavy atom. The quantitative estimate of drug-likeness (QED) is 0.680. The van der Waals surface area contributed by atoms with Gasteiger partial charge in [0, 0.05) is 50.9 Å². The molecule has 1 saturated heterocycles. The Hall–Kier alpha value is -2.67. The van der Waals surface area contributed by atoms with Crippen LogP contribution in [-0.2, 0) is 4.74 Å². The zero-order chi connectivity index (χ0) is 19.8. The third-order valence-electron chi connectivity index (χ3n) is 4.97. The van der Waals surface area contributed by atoms with Gasteiger partial charge in [-0.2, -0.15) is 0 Å². The van der Waals surface area contributed by atoms with Crippen LogP contribution in [-0.4, -0.2) is 49.2 Å². The summed E-state index contributed by atoms with van der Waals surface area (Å²) in [6.45, 7) is 5.85. The number of rotatable bonds is 8. The number of piperidine rings is 1. The van der Waals surface area contributed by atoms with Crippen molar-refractivity contribution in [1.82, 2.24) is 9.97 Å². The van der Waals surface area contributed by atoms with Gasteiger partial charge in [0.2, 0.25) is 5.95 Å². The fourth-order valence-corrected chi connectivity index (χ4v) is 3.20. The van der Waals surface area contributed by atoms with Gasteiger partial charge >= 0.3 is 0 Å². The SMILES string of the molecule is COCCCNc1nccc(C(=O)Nc2ccc(N3CCC(C)CC3)cc2)n1. The number of hydrogen-bond acceptors (Lipinski definition) is 6. The van der Waals surface area contributed by atoms with Crippen molar-refractivity contribution in [3.05, 3.63) is 42.2 Å². The van der Waals surface area contributed by atoms with Crippen molar-refractivity contribution in [2.24, 2.45) is 5.92 Å². The van der Waals surface area contributed by atoms with Crippen molar-refractivity contribution in [1.29, 1.82) is 0 Å². The minimum absolute atomic E-state index is 0.248. The van der Waals surface area contributed by atoms with Crippen molar-refractivity contribution in [2.45, 2.75) is 26.2 Å². The number of carbonyl (C=O) groups is 1. The number of hydrogen-bond donors (Lipinski definition) is 2. The second-order valence-electron chi connectivity index (χ2n) is 7.21. The summed E-state index contributed by atoms with van der Waals surface area (Å²) in [4.78, 5) is 23.3. The Kier molecular flexibility index (Phi) is 7.19. The van der Waals surface area contributed by atoms with E-state index in [2.05, 4.69) is 44.6 Å². The molecule has 2 heterocycles. The van der Waals surface area contributed by atoms with Crippen molar-refractivity contribution in [3.63, 3.8) is 0 Å². The monoisotopic (exact) mass is 383 g/mol. The summed E-state index contributed by atoms with van der Waals surface area (Å²) in [7, 11) is 1.67. The van der Waals surface area contributed by atoms with Crippen LogP contribution in [0.5, 0.6) is 0 Å². The number of carbonyl (C=O) groups excluding carboxylic acids is 1. The predicted octanol–water partition coefficient (Wildman–Crippen LogP) is 3.41. The van der Waals surface area contributed by atoms with Crippen molar-refractivity contribution < 1.29 is 9.53 Å². The highest BCUT2D eigenvalue weighted by Gasteiger charge is 2.16. The lowest BCUT2D eigenvalue weighted by Gasteiger charge is -2.32. The maximum absolute atomic E-state index is 12.5. The average molecular weight is 383 g/mol. The molecule has 0 aliphatic carbocycles. The molecule has 2 aromatic rings. The summed E-state index contributed by atoms with van der Waals surface area (Å²) in [5.41, 5.74) is 2.29. The third kappa shape index (κ3) is 5.66. The number of amides is 1. The highest BCUT2D eigenvalue weighted by Crippen LogP contribution is 2.24. The lowest BCUT2D eigenvalue weighted by atomic mass is 9.99. The number of benzene rings is 1. The number of aromatic nitrogens is 2.